The molecule has 0 saturated heterocycles. The molecule has 3 aromatic rings. The van der Waals surface area contributed by atoms with Crippen molar-refractivity contribution in [1.82, 2.24) is 15.1 Å². The Hall–Kier alpha value is -3.41. The average Bonchev–Trinajstić information content (AvgIpc) is 2.99. The lowest BCUT2D eigenvalue weighted by molar-refractivity contribution is 0.0944. The SMILES string of the molecule is Cc1cc(C)n(Cc2ccc(C(=O)Nc3ccccc3C(=O)NC(C)C)cc2)n1. The monoisotopic (exact) mass is 390 g/mol. The van der Waals surface area contributed by atoms with Crippen LogP contribution in [0.25, 0.3) is 0 Å². The zero-order chi connectivity index (χ0) is 21.0. The number of hydrogen-bond donors (Lipinski definition) is 2. The number of carbonyl (C=O) groups excluding carboxylic acids is 2. The molecule has 29 heavy (non-hydrogen) atoms. The summed E-state index contributed by atoms with van der Waals surface area (Å²) in [5.74, 6) is -0.469. The number of hydrogen-bond acceptors (Lipinski definition) is 3. The van der Waals surface area contributed by atoms with Gasteiger partial charge in [0.05, 0.1) is 23.5 Å². The van der Waals surface area contributed by atoms with E-state index in [1.165, 1.54) is 0 Å². The molecule has 6 nitrogen and oxygen atoms in total. The smallest absolute Gasteiger partial charge is 0.255 e. The summed E-state index contributed by atoms with van der Waals surface area (Å²) >= 11 is 0. The maximum atomic E-state index is 12.7. The molecule has 6 heteroatoms. The quantitative estimate of drug-likeness (QED) is 0.669. The third kappa shape index (κ3) is 5.10. The van der Waals surface area contributed by atoms with Crippen LogP contribution in [-0.4, -0.2) is 27.6 Å². The number of amides is 2. The molecule has 0 fully saturated rings. The molecule has 1 heterocycles. The van der Waals surface area contributed by atoms with E-state index in [0.717, 1.165) is 17.0 Å². The van der Waals surface area contributed by atoms with Gasteiger partial charge < -0.3 is 10.6 Å². The van der Waals surface area contributed by atoms with Crippen LogP contribution >= 0.6 is 0 Å². The largest absolute Gasteiger partial charge is 0.350 e. The minimum atomic E-state index is -0.257. The third-order valence-corrected chi connectivity index (χ3v) is 4.49. The molecule has 0 spiro atoms. The van der Waals surface area contributed by atoms with Gasteiger partial charge in [-0.25, -0.2) is 0 Å². The van der Waals surface area contributed by atoms with Crippen LogP contribution in [0.2, 0.25) is 0 Å². The maximum absolute atomic E-state index is 12.7. The maximum Gasteiger partial charge on any atom is 0.255 e. The molecule has 150 valence electrons. The van der Waals surface area contributed by atoms with Gasteiger partial charge in [0.1, 0.15) is 0 Å². The second-order valence-electron chi connectivity index (χ2n) is 7.41. The van der Waals surface area contributed by atoms with Crippen LogP contribution < -0.4 is 10.6 Å². The second-order valence-corrected chi connectivity index (χ2v) is 7.41. The minimum Gasteiger partial charge on any atom is -0.350 e. The number of nitrogens with one attached hydrogen (secondary N) is 2. The Bertz CT molecular complexity index is 1020. The van der Waals surface area contributed by atoms with Crippen molar-refractivity contribution in [1.29, 1.82) is 0 Å². The molecule has 3 rings (SSSR count). The van der Waals surface area contributed by atoms with Gasteiger partial charge in [-0.2, -0.15) is 5.10 Å². The van der Waals surface area contributed by atoms with Crippen molar-refractivity contribution < 1.29 is 9.59 Å². The van der Waals surface area contributed by atoms with E-state index in [1.807, 2.05) is 50.6 Å². The fourth-order valence-electron chi connectivity index (χ4n) is 3.09. The molecule has 0 atom stereocenters. The molecule has 2 N–H and O–H groups in total. The van der Waals surface area contributed by atoms with E-state index < -0.39 is 0 Å². The van der Waals surface area contributed by atoms with Gasteiger partial charge in [0.15, 0.2) is 0 Å². The fraction of sp³-hybridized carbons (Fsp3) is 0.261. The molecule has 2 amide bonds. The summed E-state index contributed by atoms with van der Waals surface area (Å²) in [4.78, 5) is 25.0. The van der Waals surface area contributed by atoms with E-state index in [1.54, 1.807) is 36.4 Å². The Morgan fingerprint density at radius 2 is 1.69 bits per heavy atom. The Morgan fingerprint density at radius 1 is 1.00 bits per heavy atom. The number of para-hydroxylation sites is 1. The predicted octanol–water partition coefficient (Wildman–Crippen LogP) is 3.94. The standard InChI is InChI=1S/C23H26N4O2/c1-15(2)24-23(29)20-7-5-6-8-21(20)25-22(28)19-11-9-18(10-12-19)14-27-17(4)13-16(3)26-27/h5-13,15H,14H2,1-4H3,(H,24,29)(H,25,28). The summed E-state index contributed by atoms with van der Waals surface area (Å²) < 4.78 is 1.94. The molecule has 0 aliphatic rings. The number of nitrogens with zero attached hydrogens (tertiary/aromatic N) is 2. The molecule has 2 aromatic carbocycles. The van der Waals surface area contributed by atoms with Crippen molar-refractivity contribution in [3.05, 3.63) is 82.7 Å². The summed E-state index contributed by atoms with van der Waals surface area (Å²) in [7, 11) is 0. The number of aromatic nitrogens is 2. The lowest BCUT2D eigenvalue weighted by Crippen LogP contribution is -2.31. The fourth-order valence-corrected chi connectivity index (χ4v) is 3.09. The highest BCUT2D eigenvalue weighted by Gasteiger charge is 2.14. The third-order valence-electron chi connectivity index (χ3n) is 4.49. The first-order valence-electron chi connectivity index (χ1n) is 9.64. The first-order valence-corrected chi connectivity index (χ1v) is 9.64. The Balaban J connectivity index is 1.72. The number of rotatable bonds is 6. The molecule has 0 saturated carbocycles. The molecule has 0 aliphatic heterocycles. The normalized spacial score (nSPS) is 10.8. The highest BCUT2D eigenvalue weighted by Crippen LogP contribution is 2.17. The molecule has 0 aliphatic carbocycles. The summed E-state index contributed by atoms with van der Waals surface area (Å²) in [6, 6.07) is 16.5. The van der Waals surface area contributed by atoms with Crippen LogP contribution in [0, 0.1) is 13.8 Å². The van der Waals surface area contributed by atoms with Crippen LogP contribution in [-0.2, 0) is 6.54 Å². The summed E-state index contributed by atoms with van der Waals surface area (Å²) in [6.45, 7) is 8.43. The summed E-state index contributed by atoms with van der Waals surface area (Å²) in [5.41, 5.74) is 4.60. The highest BCUT2D eigenvalue weighted by atomic mass is 16.2. The molecular weight excluding hydrogens is 364 g/mol. The van der Waals surface area contributed by atoms with Gasteiger partial charge in [0.25, 0.3) is 11.8 Å². The number of benzene rings is 2. The van der Waals surface area contributed by atoms with Gasteiger partial charge in [0.2, 0.25) is 0 Å². The molecule has 0 unspecified atom stereocenters. The van der Waals surface area contributed by atoms with Crippen molar-refractivity contribution in [2.75, 3.05) is 5.32 Å². The van der Waals surface area contributed by atoms with Gasteiger partial charge in [-0.05, 0) is 63.6 Å². The van der Waals surface area contributed by atoms with Gasteiger partial charge in [-0.3, -0.25) is 14.3 Å². The first-order chi connectivity index (χ1) is 13.8. The van der Waals surface area contributed by atoms with Gasteiger partial charge in [0, 0.05) is 17.3 Å². The molecule has 1 aromatic heterocycles. The molecule has 0 radical (unpaired) electrons. The van der Waals surface area contributed by atoms with E-state index in [2.05, 4.69) is 15.7 Å². The first kappa shape index (κ1) is 20.3. The highest BCUT2D eigenvalue weighted by molar-refractivity contribution is 6.09. The second kappa shape index (κ2) is 8.73. The van der Waals surface area contributed by atoms with Crippen molar-refractivity contribution in [2.45, 2.75) is 40.3 Å². The summed E-state index contributed by atoms with van der Waals surface area (Å²) in [6.07, 6.45) is 0. The van der Waals surface area contributed by atoms with E-state index in [0.29, 0.717) is 23.4 Å². The minimum absolute atomic E-state index is 0.0148. The Kier molecular flexibility index (Phi) is 6.12. The van der Waals surface area contributed by atoms with Crippen LogP contribution in [0.4, 0.5) is 5.69 Å². The lowest BCUT2D eigenvalue weighted by atomic mass is 10.1. The topological polar surface area (TPSA) is 76.0 Å². The van der Waals surface area contributed by atoms with E-state index in [9.17, 15) is 9.59 Å². The van der Waals surface area contributed by atoms with Crippen LogP contribution in [0.15, 0.2) is 54.6 Å². The van der Waals surface area contributed by atoms with Gasteiger partial charge in [-0.15, -0.1) is 0 Å². The Morgan fingerprint density at radius 3 is 2.31 bits per heavy atom. The van der Waals surface area contributed by atoms with Gasteiger partial charge in [-0.1, -0.05) is 24.3 Å². The van der Waals surface area contributed by atoms with Crippen molar-refractivity contribution in [3.63, 3.8) is 0 Å². The van der Waals surface area contributed by atoms with E-state index in [-0.39, 0.29) is 17.9 Å². The predicted molar refractivity (Wildman–Crippen MR) is 114 cm³/mol. The zero-order valence-electron chi connectivity index (χ0n) is 17.2. The summed E-state index contributed by atoms with van der Waals surface area (Å²) in [5, 5.41) is 10.2. The van der Waals surface area contributed by atoms with Gasteiger partial charge >= 0.3 is 0 Å². The molecule has 0 bridgehead atoms. The van der Waals surface area contributed by atoms with Crippen LogP contribution in [0.1, 0.15) is 51.5 Å². The van der Waals surface area contributed by atoms with Crippen LogP contribution in [0.5, 0.6) is 0 Å². The van der Waals surface area contributed by atoms with Crippen molar-refractivity contribution >= 4 is 17.5 Å². The molecular formula is C23H26N4O2. The van der Waals surface area contributed by atoms with E-state index >= 15 is 0 Å². The lowest BCUT2D eigenvalue weighted by Gasteiger charge is -2.13. The number of aryl methyl sites for hydroxylation is 2. The van der Waals surface area contributed by atoms with Crippen molar-refractivity contribution in [3.8, 4) is 0 Å². The van der Waals surface area contributed by atoms with Crippen LogP contribution in [0.3, 0.4) is 0 Å². The zero-order valence-corrected chi connectivity index (χ0v) is 17.2. The Labute approximate surface area is 170 Å². The van der Waals surface area contributed by atoms with Crippen molar-refractivity contribution in [2.24, 2.45) is 0 Å². The number of anilines is 1. The van der Waals surface area contributed by atoms with E-state index in [4.69, 9.17) is 0 Å². The average molecular weight is 390 g/mol. The number of carbonyl (C=O) groups is 2.